The van der Waals surface area contributed by atoms with Crippen LogP contribution in [0, 0.1) is 0 Å². The zero-order chi connectivity index (χ0) is 57.1. The monoisotopic (exact) mass is 1090 g/mol. The summed E-state index contributed by atoms with van der Waals surface area (Å²) >= 11 is 0. The highest BCUT2D eigenvalue weighted by atomic mass is 16.6. The third-order valence-electron chi connectivity index (χ3n) is 14.0. The summed E-state index contributed by atoms with van der Waals surface area (Å²) in [4.78, 5) is 38.0. The Kier molecular flexibility index (Phi) is 62.8. The molecule has 0 saturated carbocycles. The van der Waals surface area contributed by atoms with Crippen LogP contribution in [0.1, 0.15) is 303 Å². The number of esters is 3. The van der Waals surface area contributed by atoms with Crippen molar-refractivity contribution in [1.82, 2.24) is 0 Å². The fraction of sp³-hybridized carbons (Fsp3) is 0.685. The SMILES string of the molecule is CC/C=C\C/C=C\C/C=C\C/C=C\C/C=C\C/C=C\C/C=C\C/C=C\CCCCCCC(=O)OCC(COC(=O)CCCCCCC)OC(=O)CCCCCCCCCCCCCCCCC/C=C\C/C=C\CCCCCCC. The van der Waals surface area contributed by atoms with Gasteiger partial charge in [-0.25, -0.2) is 0 Å². The minimum absolute atomic E-state index is 0.0877. The minimum Gasteiger partial charge on any atom is -0.462 e. The Bertz CT molecular complexity index is 1640. The molecule has 0 aliphatic carbocycles. The number of carbonyl (C=O) groups is 3. The van der Waals surface area contributed by atoms with Crippen LogP contribution in [0.15, 0.2) is 122 Å². The normalized spacial score (nSPS) is 12.9. The zero-order valence-electron chi connectivity index (χ0n) is 51.6. The van der Waals surface area contributed by atoms with E-state index in [0.29, 0.717) is 19.3 Å². The van der Waals surface area contributed by atoms with Crippen molar-refractivity contribution in [1.29, 1.82) is 0 Å². The van der Waals surface area contributed by atoms with Crippen molar-refractivity contribution in [2.75, 3.05) is 13.2 Å². The van der Waals surface area contributed by atoms with Crippen LogP contribution in [0.5, 0.6) is 0 Å². The first-order valence-electron chi connectivity index (χ1n) is 33.0. The van der Waals surface area contributed by atoms with E-state index in [-0.39, 0.29) is 31.1 Å². The molecule has 0 fully saturated rings. The molecule has 0 aromatic carbocycles. The van der Waals surface area contributed by atoms with E-state index in [1.54, 1.807) is 0 Å². The third kappa shape index (κ3) is 64.5. The van der Waals surface area contributed by atoms with Crippen molar-refractivity contribution in [2.45, 2.75) is 309 Å². The van der Waals surface area contributed by atoms with Crippen molar-refractivity contribution in [3.8, 4) is 0 Å². The van der Waals surface area contributed by atoms with Gasteiger partial charge in [-0.15, -0.1) is 0 Å². The van der Waals surface area contributed by atoms with Gasteiger partial charge in [0, 0.05) is 19.3 Å². The molecule has 1 unspecified atom stereocenters. The van der Waals surface area contributed by atoms with Crippen LogP contribution < -0.4 is 0 Å². The maximum Gasteiger partial charge on any atom is 0.306 e. The molecule has 0 aliphatic heterocycles. The minimum atomic E-state index is -0.788. The summed E-state index contributed by atoms with van der Waals surface area (Å²) in [6.07, 6.45) is 92.6. The zero-order valence-corrected chi connectivity index (χ0v) is 51.6. The van der Waals surface area contributed by atoms with Gasteiger partial charge in [0.2, 0.25) is 0 Å². The maximum absolute atomic E-state index is 12.8. The Morgan fingerprint density at radius 2 is 0.494 bits per heavy atom. The summed E-state index contributed by atoms with van der Waals surface area (Å²) in [5, 5.41) is 0. The van der Waals surface area contributed by atoms with Gasteiger partial charge in [-0.05, 0) is 116 Å². The number of rotatable bonds is 59. The van der Waals surface area contributed by atoms with Crippen molar-refractivity contribution in [2.24, 2.45) is 0 Å². The lowest BCUT2D eigenvalue weighted by Gasteiger charge is -2.18. The van der Waals surface area contributed by atoms with Gasteiger partial charge in [0.05, 0.1) is 0 Å². The summed E-state index contributed by atoms with van der Waals surface area (Å²) in [6, 6.07) is 0. The van der Waals surface area contributed by atoms with E-state index in [4.69, 9.17) is 14.2 Å². The first-order chi connectivity index (χ1) is 39.0. The molecule has 0 aliphatic rings. The van der Waals surface area contributed by atoms with Gasteiger partial charge in [-0.3, -0.25) is 14.4 Å². The van der Waals surface area contributed by atoms with E-state index in [0.717, 1.165) is 135 Å². The highest BCUT2D eigenvalue weighted by Crippen LogP contribution is 2.16. The van der Waals surface area contributed by atoms with Gasteiger partial charge in [0.15, 0.2) is 6.10 Å². The molecule has 0 aromatic heterocycles. The number of ether oxygens (including phenoxy) is 3. The molecule has 6 nitrogen and oxygen atoms in total. The fourth-order valence-corrected chi connectivity index (χ4v) is 9.02. The predicted octanol–water partition coefficient (Wildman–Crippen LogP) is 22.8. The number of carbonyl (C=O) groups excluding carboxylic acids is 3. The Morgan fingerprint density at radius 1 is 0.266 bits per heavy atom. The Balaban J connectivity index is 4.10. The number of hydrogen-bond donors (Lipinski definition) is 0. The number of allylic oxidation sites excluding steroid dienone is 20. The molecule has 0 saturated heterocycles. The maximum atomic E-state index is 12.8. The highest BCUT2D eigenvalue weighted by molar-refractivity contribution is 5.71. The van der Waals surface area contributed by atoms with Crippen LogP contribution in [0.25, 0.3) is 0 Å². The second kappa shape index (κ2) is 66.3. The lowest BCUT2D eigenvalue weighted by Crippen LogP contribution is -2.30. The molecule has 0 radical (unpaired) electrons. The largest absolute Gasteiger partial charge is 0.462 e. The van der Waals surface area contributed by atoms with Gasteiger partial charge < -0.3 is 14.2 Å². The Morgan fingerprint density at radius 3 is 0.772 bits per heavy atom. The van der Waals surface area contributed by atoms with Crippen LogP contribution in [-0.2, 0) is 28.6 Å². The first-order valence-corrected chi connectivity index (χ1v) is 33.0. The van der Waals surface area contributed by atoms with Gasteiger partial charge >= 0.3 is 17.9 Å². The second-order valence-corrected chi connectivity index (χ2v) is 21.6. The van der Waals surface area contributed by atoms with E-state index < -0.39 is 6.10 Å². The van der Waals surface area contributed by atoms with Crippen molar-refractivity contribution in [3.05, 3.63) is 122 Å². The highest BCUT2D eigenvalue weighted by Gasteiger charge is 2.19. The molecule has 0 heterocycles. The second-order valence-electron chi connectivity index (χ2n) is 21.6. The van der Waals surface area contributed by atoms with Crippen LogP contribution in [0.4, 0.5) is 0 Å². The molecule has 79 heavy (non-hydrogen) atoms. The third-order valence-corrected chi connectivity index (χ3v) is 14.0. The Hall–Kier alpha value is -4.19. The molecule has 6 heteroatoms. The van der Waals surface area contributed by atoms with Gasteiger partial charge in [0.1, 0.15) is 13.2 Å². The molecule has 0 bridgehead atoms. The quantitative estimate of drug-likeness (QED) is 0.0261. The predicted molar refractivity (Wildman–Crippen MR) is 343 cm³/mol. The van der Waals surface area contributed by atoms with Crippen molar-refractivity contribution < 1.29 is 28.6 Å². The van der Waals surface area contributed by atoms with Crippen LogP contribution >= 0.6 is 0 Å². The number of unbranched alkanes of at least 4 members (excludes halogenated alkanes) is 28. The van der Waals surface area contributed by atoms with Crippen LogP contribution in [-0.4, -0.2) is 37.2 Å². The lowest BCUT2D eigenvalue weighted by molar-refractivity contribution is -0.167. The van der Waals surface area contributed by atoms with E-state index >= 15 is 0 Å². The number of hydrogen-bond acceptors (Lipinski definition) is 6. The lowest BCUT2D eigenvalue weighted by atomic mass is 10.0. The summed E-state index contributed by atoms with van der Waals surface area (Å²) in [7, 11) is 0. The van der Waals surface area contributed by atoms with E-state index in [1.807, 2.05) is 0 Å². The van der Waals surface area contributed by atoms with Crippen LogP contribution in [0.2, 0.25) is 0 Å². The molecular formula is C73H122O6. The summed E-state index contributed by atoms with van der Waals surface area (Å²) in [5.74, 6) is -0.923. The molecule has 0 N–H and O–H groups in total. The fourth-order valence-electron chi connectivity index (χ4n) is 9.02. The Labute approximate surface area is 488 Å². The van der Waals surface area contributed by atoms with Crippen LogP contribution in [0.3, 0.4) is 0 Å². The average Bonchev–Trinajstić information content (AvgIpc) is 3.45. The van der Waals surface area contributed by atoms with Crippen molar-refractivity contribution >= 4 is 17.9 Å². The molecule has 0 spiro atoms. The first kappa shape index (κ1) is 74.8. The smallest absolute Gasteiger partial charge is 0.306 e. The van der Waals surface area contributed by atoms with Gasteiger partial charge in [-0.1, -0.05) is 290 Å². The molecule has 0 rings (SSSR count). The van der Waals surface area contributed by atoms with E-state index in [2.05, 4.69) is 142 Å². The van der Waals surface area contributed by atoms with Crippen molar-refractivity contribution in [3.63, 3.8) is 0 Å². The topological polar surface area (TPSA) is 78.9 Å². The molecular weight excluding hydrogens is 973 g/mol. The van der Waals surface area contributed by atoms with E-state index in [1.165, 1.54) is 128 Å². The summed E-state index contributed by atoms with van der Waals surface area (Å²) in [5.41, 5.74) is 0. The molecule has 0 aromatic rings. The molecule has 1 atom stereocenters. The average molecular weight is 1100 g/mol. The van der Waals surface area contributed by atoms with Gasteiger partial charge in [-0.2, -0.15) is 0 Å². The standard InChI is InChI=1S/C73H122O6/c1-4-7-10-13-15-17-19-21-23-25-27-29-31-33-35-36-38-39-41-43-45-47-49-51-53-55-57-60-63-66-72(75)78-69-70(68-77-71(74)65-62-59-12-9-6-3)79-73(76)67-64-61-58-56-54-52-50-48-46-44-42-40-37-34-32-30-28-26-24-22-20-18-16-14-11-8-5-2/h7,10,15,17,20-23,26-29,33,35,38-39,43,45,49,51,70H,4-6,8-9,11-14,16,18-19,24-25,30-32,34,36-37,40-42,44,46-48,50,52-69H2,1-3H3/b10-7-,17-15-,22-20-,23-21-,28-26-,29-27-,35-33-,39-38-,45-43-,51-49-. The van der Waals surface area contributed by atoms with E-state index in [9.17, 15) is 14.4 Å². The molecule has 0 amide bonds. The molecule has 450 valence electrons. The summed E-state index contributed by atoms with van der Waals surface area (Å²) in [6.45, 7) is 6.42. The summed E-state index contributed by atoms with van der Waals surface area (Å²) < 4.78 is 16.8. The van der Waals surface area contributed by atoms with Gasteiger partial charge in [0.25, 0.3) is 0 Å².